The second kappa shape index (κ2) is 5.09. The quantitative estimate of drug-likeness (QED) is 0.691. The second-order valence-corrected chi connectivity index (χ2v) is 4.05. The fourth-order valence-electron chi connectivity index (χ4n) is 1.78. The number of anilines is 1. The summed E-state index contributed by atoms with van der Waals surface area (Å²) < 4.78 is 4.99. The Labute approximate surface area is 100 Å². The zero-order valence-electron chi connectivity index (χ0n) is 10.1. The standard InChI is InChI=1S/C11H16N4O2/c1-14-3-5-15(6-4-14)10-7-9(8-16)12-11(13-10)17-2/h7-8H,3-6H2,1-2H3. The maximum absolute atomic E-state index is 10.8. The average molecular weight is 236 g/mol. The Morgan fingerprint density at radius 1 is 1.29 bits per heavy atom. The molecule has 0 aliphatic carbocycles. The Kier molecular flexibility index (Phi) is 3.53. The van der Waals surface area contributed by atoms with E-state index in [9.17, 15) is 4.79 Å². The lowest BCUT2D eigenvalue weighted by Crippen LogP contribution is -2.44. The van der Waals surface area contributed by atoms with Crippen molar-refractivity contribution in [1.29, 1.82) is 0 Å². The third-order valence-electron chi connectivity index (χ3n) is 2.84. The Bertz CT molecular complexity index is 402. The summed E-state index contributed by atoms with van der Waals surface area (Å²) in [4.78, 5) is 23.4. The summed E-state index contributed by atoms with van der Waals surface area (Å²) in [6, 6.07) is 1.93. The van der Waals surface area contributed by atoms with Crippen LogP contribution in [0.25, 0.3) is 0 Å². The van der Waals surface area contributed by atoms with Gasteiger partial charge in [0.15, 0.2) is 6.29 Å². The lowest BCUT2D eigenvalue weighted by atomic mass is 10.3. The molecule has 0 spiro atoms. The molecule has 6 heteroatoms. The van der Waals surface area contributed by atoms with Crippen LogP contribution in [0.5, 0.6) is 6.01 Å². The molecule has 17 heavy (non-hydrogen) atoms. The van der Waals surface area contributed by atoms with Crippen molar-refractivity contribution in [3.63, 3.8) is 0 Å². The molecule has 2 heterocycles. The van der Waals surface area contributed by atoms with Crippen molar-refractivity contribution < 1.29 is 9.53 Å². The Balaban J connectivity index is 2.22. The highest BCUT2D eigenvalue weighted by atomic mass is 16.5. The van der Waals surface area contributed by atoms with E-state index in [1.165, 1.54) is 7.11 Å². The first-order chi connectivity index (χ1) is 8.22. The van der Waals surface area contributed by atoms with Crippen molar-refractivity contribution in [2.45, 2.75) is 0 Å². The van der Waals surface area contributed by atoms with E-state index in [2.05, 4.69) is 26.8 Å². The first kappa shape index (κ1) is 11.8. The molecule has 0 N–H and O–H groups in total. The number of nitrogens with zero attached hydrogens (tertiary/aromatic N) is 4. The summed E-state index contributed by atoms with van der Waals surface area (Å²) in [6.07, 6.45) is 0.712. The average Bonchev–Trinajstić information content (AvgIpc) is 2.39. The molecule has 0 saturated carbocycles. The van der Waals surface area contributed by atoms with Gasteiger partial charge in [0.05, 0.1) is 7.11 Å². The van der Waals surface area contributed by atoms with Crippen molar-refractivity contribution in [3.05, 3.63) is 11.8 Å². The predicted octanol–water partition coefficient (Wildman–Crippen LogP) is 0.0495. The molecule has 1 fully saturated rings. The van der Waals surface area contributed by atoms with Crippen LogP contribution in [0.15, 0.2) is 6.07 Å². The molecule has 1 aliphatic rings. The molecule has 92 valence electrons. The van der Waals surface area contributed by atoms with E-state index in [-0.39, 0.29) is 6.01 Å². The predicted molar refractivity (Wildman–Crippen MR) is 63.7 cm³/mol. The van der Waals surface area contributed by atoms with E-state index in [1.54, 1.807) is 6.07 Å². The fourth-order valence-corrected chi connectivity index (χ4v) is 1.78. The summed E-state index contributed by atoms with van der Waals surface area (Å²) in [5.74, 6) is 0.757. The van der Waals surface area contributed by atoms with Crippen molar-refractivity contribution in [2.75, 3.05) is 45.2 Å². The highest BCUT2D eigenvalue weighted by molar-refractivity contribution is 5.73. The molecule has 0 atom stereocenters. The molecule has 2 rings (SSSR count). The number of methoxy groups -OCH3 is 1. The van der Waals surface area contributed by atoms with E-state index < -0.39 is 0 Å². The zero-order chi connectivity index (χ0) is 12.3. The van der Waals surface area contributed by atoms with Gasteiger partial charge in [-0.3, -0.25) is 4.79 Å². The van der Waals surface area contributed by atoms with E-state index in [4.69, 9.17) is 4.74 Å². The van der Waals surface area contributed by atoms with Crippen LogP contribution in [-0.4, -0.2) is 61.5 Å². The Hall–Kier alpha value is -1.69. The maximum atomic E-state index is 10.8. The molecule has 0 radical (unpaired) electrons. The van der Waals surface area contributed by atoms with E-state index in [0.717, 1.165) is 32.0 Å². The van der Waals surface area contributed by atoms with Crippen LogP contribution in [0.3, 0.4) is 0 Å². The van der Waals surface area contributed by atoms with E-state index in [0.29, 0.717) is 12.0 Å². The molecular formula is C11H16N4O2. The van der Waals surface area contributed by atoms with Crippen LogP contribution < -0.4 is 9.64 Å². The van der Waals surface area contributed by atoms with Crippen LogP contribution in [-0.2, 0) is 0 Å². The van der Waals surface area contributed by atoms with Gasteiger partial charge in [0.2, 0.25) is 0 Å². The smallest absolute Gasteiger partial charge is 0.318 e. The van der Waals surface area contributed by atoms with Crippen LogP contribution in [0.2, 0.25) is 0 Å². The first-order valence-corrected chi connectivity index (χ1v) is 5.54. The third kappa shape index (κ3) is 2.71. The molecular weight excluding hydrogens is 220 g/mol. The summed E-state index contributed by atoms with van der Waals surface area (Å²) in [5.41, 5.74) is 0.353. The van der Waals surface area contributed by atoms with Gasteiger partial charge in [-0.25, -0.2) is 0 Å². The number of aromatic nitrogens is 2. The molecule has 0 aromatic carbocycles. The summed E-state index contributed by atoms with van der Waals surface area (Å²) >= 11 is 0. The summed E-state index contributed by atoms with van der Waals surface area (Å²) in [5, 5.41) is 0. The van der Waals surface area contributed by atoms with Crippen LogP contribution >= 0.6 is 0 Å². The largest absolute Gasteiger partial charge is 0.467 e. The number of carbonyl (C=O) groups excluding carboxylic acids is 1. The molecule has 1 aromatic rings. The van der Waals surface area contributed by atoms with Crippen molar-refractivity contribution >= 4 is 12.1 Å². The number of hydrogen-bond donors (Lipinski definition) is 0. The maximum Gasteiger partial charge on any atom is 0.318 e. The molecule has 6 nitrogen and oxygen atoms in total. The minimum Gasteiger partial charge on any atom is -0.467 e. The third-order valence-corrected chi connectivity index (χ3v) is 2.84. The number of hydrogen-bond acceptors (Lipinski definition) is 6. The van der Waals surface area contributed by atoms with Gasteiger partial charge >= 0.3 is 6.01 Å². The normalized spacial score (nSPS) is 16.9. The van der Waals surface area contributed by atoms with E-state index >= 15 is 0 Å². The monoisotopic (exact) mass is 236 g/mol. The Morgan fingerprint density at radius 3 is 2.59 bits per heavy atom. The highest BCUT2D eigenvalue weighted by Gasteiger charge is 2.17. The van der Waals surface area contributed by atoms with Crippen LogP contribution in [0, 0.1) is 0 Å². The van der Waals surface area contributed by atoms with Crippen LogP contribution in [0.1, 0.15) is 10.5 Å². The number of likely N-dealkylation sites (N-methyl/N-ethyl adjacent to an activating group) is 1. The minimum atomic E-state index is 0.239. The van der Waals surface area contributed by atoms with Gasteiger partial charge in [0, 0.05) is 32.2 Å². The van der Waals surface area contributed by atoms with Crippen molar-refractivity contribution in [1.82, 2.24) is 14.9 Å². The number of carbonyl (C=O) groups is 1. The number of ether oxygens (including phenoxy) is 1. The number of rotatable bonds is 3. The van der Waals surface area contributed by atoms with Gasteiger partial charge in [0.1, 0.15) is 11.5 Å². The highest BCUT2D eigenvalue weighted by Crippen LogP contribution is 2.16. The van der Waals surface area contributed by atoms with E-state index in [1.807, 2.05) is 0 Å². The van der Waals surface area contributed by atoms with Crippen LogP contribution in [0.4, 0.5) is 5.82 Å². The van der Waals surface area contributed by atoms with Gasteiger partial charge < -0.3 is 14.5 Å². The molecule has 0 amide bonds. The molecule has 0 unspecified atom stereocenters. The lowest BCUT2D eigenvalue weighted by Gasteiger charge is -2.33. The minimum absolute atomic E-state index is 0.239. The fraction of sp³-hybridized carbons (Fsp3) is 0.545. The lowest BCUT2D eigenvalue weighted by molar-refractivity contribution is 0.111. The van der Waals surface area contributed by atoms with Crippen molar-refractivity contribution in [2.24, 2.45) is 0 Å². The van der Waals surface area contributed by atoms with Crippen molar-refractivity contribution in [3.8, 4) is 6.01 Å². The summed E-state index contributed by atoms with van der Waals surface area (Å²) in [7, 11) is 3.59. The number of piperazine rings is 1. The van der Waals surface area contributed by atoms with Gasteiger partial charge in [0.25, 0.3) is 0 Å². The molecule has 1 saturated heterocycles. The number of aldehydes is 1. The van der Waals surface area contributed by atoms with Gasteiger partial charge in [-0.1, -0.05) is 0 Å². The molecule has 0 bridgehead atoms. The molecule has 1 aromatic heterocycles. The van der Waals surface area contributed by atoms with Gasteiger partial charge in [-0.05, 0) is 7.05 Å². The van der Waals surface area contributed by atoms with Gasteiger partial charge in [-0.15, -0.1) is 0 Å². The summed E-state index contributed by atoms with van der Waals surface area (Å²) in [6.45, 7) is 3.77. The first-order valence-electron chi connectivity index (χ1n) is 5.54. The van der Waals surface area contributed by atoms with Gasteiger partial charge in [-0.2, -0.15) is 9.97 Å². The Morgan fingerprint density at radius 2 is 2.00 bits per heavy atom. The SMILES string of the molecule is COc1nc(C=O)cc(N2CCN(C)CC2)n1. The topological polar surface area (TPSA) is 58.6 Å². The zero-order valence-corrected chi connectivity index (χ0v) is 10.1. The second-order valence-electron chi connectivity index (χ2n) is 4.05. The molecule has 1 aliphatic heterocycles.